The third kappa shape index (κ3) is 4.33. The van der Waals surface area contributed by atoms with Crippen LogP contribution in [0.1, 0.15) is 49.4 Å². The monoisotopic (exact) mass is 347 g/mol. The molecule has 0 bridgehead atoms. The predicted octanol–water partition coefficient (Wildman–Crippen LogP) is 3.91. The van der Waals surface area contributed by atoms with Gasteiger partial charge in [0, 0.05) is 12.0 Å². The molecule has 1 amide bonds. The van der Waals surface area contributed by atoms with Gasteiger partial charge in [0.1, 0.15) is 0 Å². The first-order valence-electron chi connectivity index (χ1n) is 8.95. The highest BCUT2D eigenvalue weighted by Gasteiger charge is 2.42. The number of likely N-dealkylation sites (tertiary alicyclic amines) is 1. The van der Waals surface area contributed by atoms with Crippen LogP contribution in [0.5, 0.6) is 0 Å². The maximum absolute atomic E-state index is 13.0. The molecule has 25 heavy (non-hydrogen) atoms. The number of ether oxygens (including phenoxy) is 2. The molecule has 1 aliphatic rings. The second-order valence-corrected chi connectivity index (χ2v) is 7.11. The third-order valence-corrected chi connectivity index (χ3v) is 4.88. The number of aryl methyl sites for hydroxylation is 3. The summed E-state index contributed by atoms with van der Waals surface area (Å²) in [4.78, 5) is 26.5. The summed E-state index contributed by atoms with van der Waals surface area (Å²) in [6, 6.07) is 4.23. The van der Waals surface area contributed by atoms with Gasteiger partial charge >= 0.3 is 6.16 Å². The highest BCUT2D eigenvalue weighted by atomic mass is 16.7. The van der Waals surface area contributed by atoms with E-state index < -0.39 is 12.4 Å². The first kappa shape index (κ1) is 19.3. The maximum Gasteiger partial charge on any atom is 0.510 e. The molecule has 0 aromatic heterocycles. The molecule has 1 saturated heterocycles. The van der Waals surface area contributed by atoms with Gasteiger partial charge in [-0.05, 0) is 57.7 Å². The molecular formula is C20H29NO4. The Balaban J connectivity index is 2.19. The van der Waals surface area contributed by atoms with Gasteiger partial charge < -0.3 is 14.4 Å². The van der Waals surface area contributed by atoms with E-state index in [1.54, 1.807) is 11.8 Å². The Morgan fingerprint density at radius 3 is 2.32 bits per heavy atom. The molecular weight excluding hydrogens is 318 g/mol. The highest BCUT2D eigenvalue weighted by molar-refractivity contribution is 5.80. The molecule has 0 aliphatic carbocycles. The fourth-order valence-electron chi connectivity index (χ4n) is 3.84. The van der Waals surface area contributed by atoms with Crippen molar-refractivity contribution in [2.45, 2.75) is 66.7 Å². The second-order valence-electron chi connectivity index (χ2n) is 7.11. The zero-order valence-electron chi connectivity index (χ0n) is 16.1. The number of hydrogen-bond acceptors (Lipinski definition) is 4. The van der Waals surface area contributed by atoms with E-state index in [0.29, 0.717) is 6.42 Å². The summed E-state index contributed by atoms with van der Waals surface area (Å²) in [5, 5.41) is 0. The van der Waals surface area contributed by atoms with Gasteiger partial charge in [0.05, 0.1) is 13.0 Å². The predicted molar refractivity (Wildman–Crippen MR) is 96.3 cm³/mol. The Labute approximate surface area is 150 Å². The molecule has 3 atom stereocenters. The Morgan fingerprint density at radius 2 is 1.76 bits per heavy atom. The molecule has 1 fully saturated rings. The lowest BCUT2D eigenvalue weighted by atomic mass is 9.97. The van der Waals surface area contributed by atoms with Gasteiger partial charge in [-0.1, -0.05) is 24.6 Å². The van der Waals surface area contributed by atoms with Crippen molar-refractivity contribution < 1.29 is 19.1 Å². The first-order chi connectivity index (χ1) is 11.7. The molecule has 0 spiro atoms. The standard InChI is InChI=1S/C20H29NO4/c1-7-24-20(23)25-19-15(5)10-16(6)21(19)18(22)11-17-13(3)8-12(2)9-14(17)4/h8-9,15-16,19H,7,10-11H2,1-6H3. The lowest BCUT2D eigenvalue weighted by Crippen LogP contribution is -2.44. The van der Waals surface area contributed by atoms with E-state index >= 15 is 0 Å². The smallest absolute Gasteiger partial charge is 0.435 e. The third-order valence-electron chi connectivity index (χ3n) is 4.88. The average Bonchev–Trinajstić information content (AvgIpc) is 2.77. The summed E-state index contributed by atoms with van der Waals surface area (Å²) < 4.78 is 10.3. The fourth-order valence-corrected chi connectivity index (χ4v) is 3.84. The summed E-state index contributed by atoms with van der Waals surface area (Å²) in [6.07, 6.45) is -0.152. The summed E-state index contributed by atoms with van der Waals surface area (Å²) >= 11 is 0. The molecule has 1 aromatic carbocycles. The van der Waals surface area contributed by atoms with Crippen molar-refractivity contribution in [2.75, 3.05) is 6.61 Å². The van der Waals surface area contributed by atoms with Gasteiger partial charge in [0.25, 0.3) is 0 Å². The van der Waals surface area contributed by atoms with Crippen molar-refractivity contribution in [2.24, 2.45) is 5.92 Å². The van der Waals surface area contributed by atoms with Crippen molar-refractivity contribution >= 4 is 12.1 Å². The fraction of sp³-hybridized carbons (Fsp3) is 0.600. The number of amides is 1. The van der Waals surface area contributed by atoms with E-state index in [1.807, 2.05) is 27.7 Å². The lowest BCUT2D eigenvalue weighted by molar-refractivity contribution is -0.142. The van der Waals surface area contributed by atoms with Crippen LogP contribution in [0.25, 0.3) is 0 Å². The quantitative estimate of drug-likeness (QED) is 0.775. The molecule has 0 radical (unpaired) electrons. The van der Waals surface area contributed by atoms with E-state index in [4.69, 9.17) is 9.47 Å². The molecule has 2 rings (SSSR count). The minimum Gasteiger partial charge on any atom is -0.435 e. The van der Waals surface area contributed by atoms with Crippen LogP contribution in [0.3, 0.4) is 0 Å². The Morgan fingerprint density at radius 1 is 1.16 bits per heavy atom. The molecule has 3 unspecified atom stereocenters. The summed E-state index contributed by atoms with van der Waals surface area (Å²) in [6.45, 7) is 12.1. The molecule has 138 valence electrons. The summed E-state index contributed by atoms with van der Waals surface area (Å²) in [7, 11) is 0. The number of rotatable bonds is 4. The highest BCUT2D eigenvalue weighted by Crippen LogP contribution is 2.32. The normalized spacial score (nSPS) is 22.8. The number of carbonyl (C=O) groups excluding carboxylic acids is 2. The molecule has 5 heteroatoms. The largest absolute Gasteiger partial charge is 0.510 e. The van der Waals surface area contributed by atoms with Gasteiger partial charge in [0.2, 0.25) is 5.91 Å². The van der Waals surface area contributed by atoms with E-state index in [1.165, 1.54) is 5.56 Å². The average molecular weight is 347 g/mol. The number of nitrogens with zero attached hydrogens (tertiary/aromatic N) is 1. The molecule has 5 nitrogen and oxygen atoms in total. The van der Waals surface area contributed by atoms with Crippen molar-refractivity contribution in [3.8, 4) is 0 Å². The number of carbonyl (C=O) groups is 2. The Hall–Kier alpha value is -2.04. The van der Waals surface area contributed by atoms with Crippen LogP contribution in [0.15, 0.2) is 12.1 Å². The van der Waals surface area contributed by atoms with Crippen LogP contribution in [0.4, 0.5) is 4.79 Å². The number of hydrogen-bond donors (Lipinski definition) is 0. The molecule has 0 saturated carbocycles. The van der Waals surface area contributed by atoms with Gasteiger partial charge in [-0.25, -0.2) is 4.79 Å². The topological polar surface area (TPSA) is 55.8 Å². The lowest BCUT2D eigenvalue weighted by Gasteiger charge is -2.29. The molecule has 1 aliphatic heterocycles. The maximum atomic E-state index is 13.0. The Bertz CT molecular complexity index is 632. The molecule has 1 heterocycles. The minimum absolute atomic E-state index is 0.0128. The first-order valence-corrected chi connectivity index (χ1v) is 8.95. The van der Waals surface area contributed by atoms with Crippen LogP contribution in [0, 0.1) is 26.7 Å². The zero-order valence-corrected chi connectivity index (χ0v) is 16.1. The minimum atomic E-state index is -0.714. The van der Waals surface area contributed by atoms with Gasteiger partial charge in [-0.2, -0.15) is 0 Å². The van der Waals surface area contributed by atoms with Crippen molar-refractivity contribution in [1.82, 2.24) is 4.90 Å². The SMILES string of the molecule is CCOC(=O)OC1C(C)CC(C)N1C(=O)Cc1c(C)cc(C)cc1C. The van der Waals surface area contributed by atoms with Gasteiger partial charge in [-0.3, -0.25) is 4.79 Å². The molecule has 1 aromatic rings. The van der Waals surface area contributed by atoms with Crippen molar-refractivity contribution in [3.05, 3.63) is 34.4 Å². The summed E-state index contributed by atoms with van der Waals surface area (Å²) in [5.41, 5.74) is 4.48. The van der Waals surface area contributed by atoms with Crippen LogP contribution in [-0.4, -0.2) is 35.8 Å². The van der Waals surface area contributed by atoms with E-state index in [0.717, 1.165) is 23.1 Å². The van der Waals surface area contributed by atoms with E-state index in [9.17, 15) is 9.59 Å². The van der Waals surface area contributed by atoms with Crippen LogP contribution in [0.2, 0.25) is 0 Å². The number of benzene rings is 1. The van der Waals surface area contributed by atoms with Crippen LogP contribution < -0.4 is 0 Å². The Kier molecular flexibility index (Phi) is 6.09. The van der Waals surface area contributed by atoms with Crippen molar-refractivity contribution in [1.29, 1.82) is 0 Å². The zero-order chi connectivity index (χ0) is 18.7. The van der Waals surface area contributed by atoms with Crippen molar-refractivity contribution in [3.63, 3.8) is 0 Å². The van der Waals surface area contributed by atoms with Gasteiger partial charge in [-0.15, -0.1) is 0 Å². The molecule has 0 N–H and O–H groups in total. The van der Waals surface area contributed by atoms with Crippen LogP contribution in [-0.2, 0) is 20.7 Å². The van der Waals surface area contributed by atoms with E-state index in [2.05, 4.69) is 19.1 Å². The van der Waals surface area contributed by atoms with Crippen LogP contribution >= 0.6 is 0 Å². The summed E-state index contributed by atoms with van der Waals surface area (Å²) in [5.74, 6) is 0.0739. The van der Waals surface area contributed by atoms with Gasteiger partial charge in [0.15, 0.2) is 6.23 Å². The second kappa shape index (κ2) is 7.89. The van der Waals surface area contributed by atoms with E-state index in [-0.39, 0.29) is 24.5 Å².